The van der Waals surface area contributed by atoms with Gasteiger partial charge in [-0.25, -0.2) is 0 Å². The topological polar surface area (TPSA) is 118 Å². The summed E-state index contributed by atoms with van der Waals surface area (Å²) in [5, 5.41) is 54.9. The number of aliphatic hydroxyl groups excluding tert-OH is 2. The summed E-state index contributed by atoms with van der Waals surface area (Å²) in [6.07, 6.45) is 2.08. The number of Topliss-reactive ketones (excluding diaryl/α,β-unsaturated/α-hetero) is 1. The highest BCUT2D eigenvalue weighted by Gasteiger charge is 2.84. The molecule has 0 heterocycles. The Morgan fingerprint density at radius 2 is 1.81 bits per heavy atom. The fraction of sp³-hybridized carbons (Fsp3) is 0.750. The molecule has 6 nitrogen and oxygen atoms in total. The SMILES string of the molecule is CC1=C[C@H]2[C@@]3(O)[C@H](C=C(CO)C[C@@]2(O)C1=O)[C@@H]1C(C)(C)[C@]1(O)[C@@H](O)[C@@H]3C. The lowest BCUT2D eigenvalue weighted by Crippen LogP contribution is -2.65. The van der Waals surface area contributed by atoms with E-state index in [1.54, 1.807) is 26.0 Å². The predicted octanol–water partition coefficient (Wildman–Crippen LogP) is -0.0699. The first-order valence-corrected chi connectivity index (χ1v) is 9.27. The third-order valence-corrected chi connectivity index (χ3v) is 8.04. The summed E-state index contributed by atoms with van der Waals surface area (Å²) in [6.45, 7) is 6.63. The van der Waals surface area contributed by atoms with Gasteiger partial charge in [0.15, 0.2) is 5.78 Å². The number of fused-ring (bicyclic) bond motifs is 5. The van der Waals surface area contributed by atoms with E-state index in [4.69, 9.17) is 0 Å². The smallest absolute Gasteiger partial charge is 0.190 e. The number of carbonyl (C=O) groups excluding carboxylic acids is 1. The second-order valence-corrected chi connectivity index (χ2v) is 9.41. The first-order valence-electron chi connectivity index (χ1n) is 9.27. The Morgan fingerprint density at radius 3 is 2.38 bits per heavy atom. The van der Waals surface area contributed by atoms with Gasteiger partial charge >= 0.3 is 0 Å². The van der Waals surface area contributed by atoms with Crippen molar-refractivity contribution in [1.29, 1.82) is 0 Å². The third-order valence-electron chi connectivity index (χ3n) is 8.04. The lowest BCUT2D eigenvalue weighted by Gasteiger charge is -2.51. The standard InChI is InChI=1S/C20H28O6/c1-9-5-13-18(24,15(9)22)7-11(8-21)6-12-14-17(3,4)20(14,26)16(23)10(2)19(12,13)25/h5-6,10,12-14,16,21,23-26H,7-8H2,1-4H3/t10-,12+,13+,14+,16-,18-,19-,20+/m0/s1. The van der Waals surface area contributed by atoms with Gasteiger partial charge < -0.3 is 25.5 Å². The van der Waals surface area contributed by atoms with E-state index in [0.29, 0.717) is 11.1 Å². The van der Waals surface area contributed by atoms with Crippen LogP contribution in [0.2, 0.25) is 0 Å². The normalized spacial score (nSPS) is 54.5. The number of rotatable bonds is 1. The number of hydrogen-bond acceptors (Lipinski definition) is 6. The molecule has 0 spiro atoms. The Bertz CT molecular complexity index is 753. The molecule has 6 heteroatoms. The zero-order chi connectivity index (χ0) is 19.4. The number of ketones is 1. The van der Waals surface area contributed by atoms with Crippen molar-refractivity contribution in [3.8, 4) is 0 Å². The van der Waals surface area contributed by atoms with Crippen LogP contribution in [0.5, 0.6) is 0 Å². The van der Waals surface area contributed by atoms with Gasteiger partial charge in [-0.1, -0.05) is 32.9 Å². The molecule has 0 aromatic carbocycles. The third kappa shape index (κ3) is 1.69. The number of carbonyl (C=O) groups is 1. The van der Waals surface area contributed by atoms with Gasteiger partial charge in [-0.2, -0.15) is 0 Å². The summed E-state index contributed by atoms with van der Waals surface area (Å²) < 4.78 is 0. The van der Waals surface area contributed by atoms with Crippen LogP contribution in [0.25, 0.3) is 0 Å². The van der Waals surface area contributed by atoms with Crippen LogP contribution in [0.4, 0.5) is 0 Å². The second-order valence-electron chi connectivity index (χ2n) is 9.41. The van der Waals surface area contributed by atoms with E-state index >= 15 is 0 Å². The fourth-order valence-corrected chi connectivity index (χ4v) is 6.45. The van der Waals surface area contributed by atoms with Crippen molar-refractivity contribution >= 4 is 5.78 Å². The maximum Gasteiger partial charge on any atom is 0.190 e. The van der Waals surface area contributed by atoms with Gasteiger partial charge in [-0.05, 0) is 18.1 Å². The van der Waals surface area contributed by atoms with E-state index in [0.717, 1.165) is 0 Å². The second kappa shape index (κ2) is 4.86. The highest BCUT2D eigenvalue weighted by atomic mass is 16.4. The molecule has 0 radical (unpaired) electrons. The van der Waals surface area contributed by atoms with Crippen molar-refractivity contribution in [2.45, 2.75) is 57.0 Å². The molecule has 26 heavy (non-hydrogen) atoms. The highest BCUT2D eigenvalue weighted by Crippen LogP contribution is 2.74. The molecule has 0 aliphatic heterocycles. The first-order chi connectivity index (χ1) is 11.9. The fourth-order valence-electron chi connectivity index (χ4n) is 6.45. The molecule has 5 N–H and O–H groups in total. The molecule has 0 aromatic rings. The molecule has 8 atom stereocenters. The molecule has 4 aliphatic rings. The summed E-state index contributed by atoms with van der Waals surface area (Å²) in [7, 11) is 0. The van der Waals surface area contributed by atoms with Crippen molar-refractivity contribution in [2.75, 3.05) is 6.61 Å². The largest absolute Gasteiger partial charge is 0.392 e. The van der Waals surface area contributed by atoms with Gasteiger partial charge in [-0.3, -0.25) is 4.79 Å². The summed E-state index contributed by atoms with van der Waals surface area (Å²) in [5.74, 6) is -3.14. The van der Waals surface area contributed by atoms with Crippen LogP contribution in [-0.4, -0.2) is 60.8 Å². The van der Waals surface area contributed by atoms with E-state index in [9.17, 15) is 30.3 Å². The lowest BCUT2D eigenvalue weighted by atomic mass is 9.59. The molecule has 4 rings (SSSR count). The number of hydrogen-bond donors (Lipinski definition) is 5. The van der Waals surface area contributed by atoms with E-state index in [1.807, 2.05) is 13.8 Å². The summed E-state index contributed by atoms with van der Waals surface area (Å²) in [5.41, 5.74) is -4.57. The van der Waals surface area contributed by atoms with Crippen molar-refractivity contribution < 1.29 is 30.3 Å². The van der Waals surface area contributed by atoms with Crippen LogP contribution in [-0.2, 0) is 4.79 Å². The predicted molar refractivity (Wildman–Crippen MR) is 92.8 cm³/mol. The van der Waals surface area contributed by atoms with Gasteiger partial charge in [0.1, 0.15) is 11.2 Å². The summed E-state index contributed by atoms with van der Waals surface area (Å²) in [4.78, 5) is 12.7. The minimum absolute atomic E-state index is 0.0615. The van der Waals surface area contributed by atoms with E-state index < -0.39 is 57.8 Å². The van der Waals surface area contributed by atoms with E-state index in [1.165, 1.54) is 0 Å². The molecule has 0 unspecified atom stereocenters. The van der Waals surface area contributed by atoms with Crippen LogP contribution >= 0.6 is 0 Å². The van der Waals surface area contributed by atoms with Crippen molar-refractivity contribution in [3.63, 3.8) is 0 Å². The van der Waals surface area contributed by atoms with Gasteiger partial charge in [0, 0.05) is 35.5 Å². The van der Waals surface area contributed by atoms with Gasteiger partial charge in [-0.15, -0.1) is 0 Å². The first kappa shape index (κ1) is 18.3. The minimum Gasteiger partial charge on any atom is -0.392 e. The Labute approximate surface area is 152 Å². The van der Waals surface area contributed by atoms with Crippen LogP contribution in [0.3, 0.4) is 0 Å². The molecule has 2 saturated carbocycles. The highest BCUT2D eigenvalue weighted by molar-refractivity contribution is 6.04. The molecular formula is C20H28O6. The molecule has 0 amide bonds. The maximum atomic E-state index is 12.7. The van der Waals surface area contributed by atoms with Crippen LogP contribution < -0.4 is 0 Å². The maximum absolute atomic E-state index is 12.7. The van der Waals surface area contributed by atoms with Crippen molar-refractivity contribution in [2.24, 2.45) is 29.1 Å². The Kier molecular flexibility index (Phi) is 3.42. The lowest BCUT2D eigenvalue weighted by molar-refractivity contribution is -0.209. The molecule has 4 aliphatic carbocycles. The van der Waals surface area contributed by atoms with Gasteiger partial charge in [0.25, 0.3) is 0 Å². The summed E-state index contributed by atoms with van der Waals surface area (Å²) >= 11 is 0. The van der Waals surface area contributed by atoms with Crippen LogP contribution in [0.1, 0.15) is 34.1 Å². The quantitative estimate of drug-likeness (QED) is 0.416. The van der Waals surface area contributed by atoms with Crippen molar-refractivity contribution in [1.82, 2.24) is 0 Å². The molecule has 0 bridgehead atoms. The molecular weight excluding hydrogens is 336 g/mol. The van der Waals surface area contributed by atoms with Crippen LogP contribution in [0, 0.1) is 29.1 Å². The molecule has 144 valence electrons. The number of aliphatic hydroxyl groups is 5. The minimum atomic E-state index is -1.84. The Morgan fingerprint density at radius 1 is 1.19 bits per heavy atom. The average Bonchev–Trinajstić information content (AvgIpc) is 2.97. The molecule has 0 saturated heterocycles. The van der Waals surface area contributed by atoms with Gasteiger partial charge in [0.05, 0.1) is 18.3 Å². The summed E-state index contributed by atoms with van der Waals surface area (Å²) in [6, 6.07) is 0. The Balaban J connectivity index is 1.96. The Hall–Kier alpha value is -1.05. The zero-order valence-electron chi connectivity index (χ0n) is 15.6. The van der Waals surface area contributed by atoms with E-state index in [2.05, 4.69) is 0 Å². The van der Waals surface area contributed by atoms with Crippen molar-refractivity contribution in [3.05, 3.63) is 23.3 Å². The molecule has 0 aromatic heterocycles. The van der Waals surface area contributed by atoms with Crippen LogP contribution in [0.15, 0.2) is 23.3 Å². The average molecular weight is 364 g/mol. The van der Waals surface area contributed by atoms with Gasteiger partial charge in [0.2, 0.25) is 0 Å². The monoisotopic (exact) mass is 364 g/mol. The van der Waals surface area contributed by atoms with E-state index in [-0.39, 0.29) is 13.0 Å². The molecule has 2 fully saturated rings. The zero-order valence-corrected chi connectivity index (χ0v) is 15.6.